The summed E-state index contributed by atoms with van der Waals surface area (Å²) in [5, 5.41) is 11.6. The number of benzene rings is 3. The predicted octanol–water partition coefficient (Wildman–Crippen LogP) is 6.95. The summed E-state index contributed by atoms with van der Waals surface area (Å²) in [6.07, 6.45) is 0. The van der Waals surface area contributed by atoms with E-state index in [0.29, 0.717) is 0 Å². The molecule has 178 valence electrons. The van der Waals surface area contributed by atoms with E-state index in [1.54, 1.807) is 11.8 Å². The SMILES string of the molecule is Cc1ccc([C@@H]2C(C#N)=C3SCN(c4ccc(C)c(C)c4)CN3CN2c2ccc(C)c(C)c2)cc1. The van der Waals surface area contributed by atoms with Crippen LogP contribution in [0.15, 0.2) is 71.3 Å². The van der Waals surface area contributed by atoms with Crippen LogP contribution in [0.25, 0.3) is 0 Å². The van der Waals surface area contributed by atoms with E-state index in [4.69, 9.17) is 0 Å². The number of fused-ring (bicyclic) bond motifs is 1. The minimum absolute atomic E-state index is 0.102. The molecule has 35 heavy (non-hydrogen) atoms. The first-order chi connectivity index (χ1) is 16.9. The van der Waals surface area contributed by atoms with Crippen LogP contribution >= 0.6 is 11.8 Å². The van der Waals surface area contributed by atoms with Crippen molar-refractivity contribution in [1.82, 2.24) is 4.90 Å². The molecule has 0 N–H and O–H groups in total. The van der Waals surface area contributed by atoms with Gasteiger partial charge in [-0.05, 0) is 86.7 Å². The lowest BCUT2D eigenvalue weighted by Gasteiger charge is -2.49. The van der Waals surface area contributed by atoms with Crippen molar-refractivity contribution in [3.8, 4) is 6.07 Å². The maximum atomic E-state index is 10.4. The second-order valence-electron chi connectivity index (χ2n) is 9.79. The van der Waals surface area contributed by atoms with Gasteiger partial charge in [0.15, 0.2) is 0 Å². The fourth-order valence-electron chi connectivity index (χ4n) is 4.85. The van der Waals surface area contributed by atoms with Crippen molar-refractivity contribution >= 4 is 23.1 Å². The third-order valence-electron chi connectivity index (χ3n) is 7.32. The Kier molecular flexibility index (Phi) is 6.25. The summed E-state index contributed by atoms with van der Waals surface area (Å²) in [4.78, 5) is 7.16. The molecular formula is C30H32N4S. The van der Waals surface area contributed by atoms with Crippen molar-refractivity contribution in [2.45, 2.75) is 40.7 Å². The Bertz CT molecular complexity index is 1340. The van der Waals surface area contributed by atoms with Gasteiger partial charge in [0.25, 0.3) is 0 Å². The second-order valence-corrected chi connectivity index (χ2v) is 10.7. The maximum Gasteiger partial charge on any atom is 0.100 e. The van der Waals surface area contributed by atoms with Gasteiger partial charge in [0.2, 0.25) is 0 Å². The Labute approximate surface area is 213 Å². The molecule has 2 aliphatic heterocycles. The van der Waals surface area contributed by atoms with Gasteiger partial charge in [-0.15, -0.1) is 0 Å². The average Bonchev–Trinajstić information content (AvgIpc) is 2.86. The third kappa shape index (κ3) is 4.39. The lowest BCUT2D eigenvalue weighted by atomic mass is 9.95. The fourth-order valence-corrected chi connectivity index (χ4v) is 5.97. The van der Waals surface area contributed by atoms with Crippen LogP contribution in [0.3, 0.4) is 0 Å². The van der Waals surface area contributed by atoms with Crippen molar-refractivity contribution in [3.05, 3.63) is 105 Å². The van der Waals surface area contributed by atoms with Crippen LogP contribution in [-0.2, 0) is 0 Å². The molecule has 5 heteroatoms. The Morgan fingerprint density at radius 1 is 0.743 bits per heavy atom. The van der Waals surface area contributed by atoms with E-state index in [1.165, 1.54) is 33.5 Å². The van der Waals surface area contributed by atoms with Crippen LogP contribution in [0.2, 0.25) is 0 Å². The largest absolute Gasteiger partial charge is 0.344 e. The van der Waals surface area contributed by atoms with Crippen molar-refractivity contribution in [3.63, 3.8) is 0 Å². The molecule has 2 aliphatic rings. The molecule has 0 spiro atoms. The van der Waals surface area contributed by atoms with Crippen molar-refractivity contribution in [2.24, 2.45) is 0 Å². The van der Waals surface area contributed by atoms with E-state index in [2.05, 4.69) is 116 Å². The summed E-state index contributed by atoms with van der Waals surface area (Å²) in [7, 11) is 0. The second kappa shape index (κ2) is 9.36. The zero-order chi connectivity index (χ0) is 24.7. The van der Waals surface area contributed by atoms with Gasteiger partial charge >= 0.3 is 0 Å². The van der Waals surface area contributed by atoms with Crippen molar-refractivity contribution in [1.29, 1.82) is 5.26 Å². The van der Waals surface area contributed by atoms with E-state index in [9.17, 15) is 5.26 Å². The van der Waals surface area contributed by atoms with Gasteiger partial charge in [0.05, 0.1) is 35.9 Å². The first-order valence-electron chi connectivity index (χ1n) is 12.1. The molecule has 0 unspecified atom stereocenters. The van der Waals surface area contributed by atoms with E-state index in [-0.39, 0.29) is 6.04 Å². The van der Waals surface area contributed by atoms with E-state index >= 15 is 0 Å². The Balaban J connectivity index is 1.58. The number of thioether (sulfide) groups is 1. The van der Waals surface area contributed by atoms with Crippen LogP contribution in [0.1, 0.15) is 39.4 Å². The standard InChI is InChI=1S/C30H32N4S/c1-20-6-10-25(11-7-20)29-28(16-31)30-32(18-34(29)27-13-9-22(3)24(5)15-27)17-33(19-35-30)26-12-8-21(2)23(4)14-26/h6-15,29H,17-19H2,1-5H3/t29-/m1/s1. The summed E-state index contributed by atoms with van der Waals surface area (Å²) in [6.45, 7) is 12.2. The van der Waals surface area contributed by atoms with E-state index in [0.717, 1.165) is 41.1 Å². The summed E-state index contributed by atoms with van der Waals surface area (Å²) < 4.78 is 0. The molecule has 0 aliphatic carbocycles. The molecule has 2 heterocycles. The normalized spacial score (nSPS) is 17.9. The summed E-state index contributed by atoms with van der Waals surface area (Å²) in [6, 6.07) is 24.5. The minimum Gasteiger partial charge on any atom is -0.344 e. The fraction of sp³-hybridized carbons (Fsp3) is 0.300. The topological polar surface area (TPSA) is 33.5 Å². The highest BCUT2D eigenvalue weighted by Crippen LogP contribution is 2.45. The lowest BCUT2D eigenvalue weighted by molar-refractivity contribution is 0.326. The summed E-state index contributed by atoms with van der Waals surface area (Å²) >= 11 is 1.78. The number of rotatable bonds is 3. The van der Waals surface area contributed by atoms with Gasteiger partial charge in [0, 0.05) is 11.4 Å². The van der Waals surface area contributed by atoms with Crippen molar-refractivity contribution < 1.29 is 0 Å². The summed E-state index contributed by atoms with van der Waals surface area (Å²) in [5.74, 6) is 0.837. The van der Waals surface area contributed by atoms with Crippen LogP contribution in [0.4, 0.5) is 11.4 Å². The predicted molar refractivity (Wildman–Crippen MR) is 147 cm³/mol. The highest BCUT2D eigenvalue weighted by Gasteiger charge is 2.38. The van der Waals surface area contributed by atoms with Gasteiger partial charge in [-0.25, -0.2) is 0 Å². The van der Waals surface area contributed by atoms with Gasteiger partial charge in [-0.2, -0.15) is 5.26 Å². The van der Waals surface area contributed by atoms with Crippen molar-refractivity contribution in [2.75, 3.05) is 29.0 Å². The molecule has 0 radical (unpaired) electrons. The minimum atomic E-state index is -0.102. The van der Waals surface area contributed by atoms with Gasteiger partial charge in [-0.3, -0.25) is 0 Å². The first kappa shape index (κ1) is 23.4. The molecule has 1 atom stereocenters. The average molecular weight is 481 g/mol. The maximum absolute atomic E-state index is 10.4. The number of aryl methyl sites for hydroxylation is 5. The number of anilines is 2. The summed E-state index contributed by atoms with van der Waals surface area (Å²) in [5.41, 5.74) is 10.8. The molecule has 0 amide bonds. The van der Waals surface area contributed by atoms with Crippen LogP contribution in [0, 0.1) is 45.9 Å². The molecule has 5 rings (SSSR count). The highest BCUT2D eigenvalue weighted by molar-refractivity contribution is 8.03. The molecule has 3 aromatic carbocycles. The quantitative estimate of drug-likeness (QED) is 0.405. The number of nitrogens with zero attached hydrogens (tertiary/aromatic N) is 4. The zero-order valence-electron chi connectivity index (χ0n) is 21.2. The Morgan fingerprint density at radius 3 is 2.00 bits per heavy atom. The zero-order valence-corrected chi connectivity index (χ0v) is 22.0. The van der Waals surface area contributed by atoms with Gasteiger partial charge < -0.3 is 14.7 Å². The Morgan fingerprint density at radius 2 is 1.37 bits per heavy atom. The third-order valence-corrected chi connectivity index (χ3v) is 8.51. The van der Waals surface area contributed by atoms with Crippen LogP contribution < -0.4 is 9.80 Å². The molecule has 0 bridgehead atoms. The lowest BCUT2D eigenvalue weighted by Crippen LogP contribution is -2.51. The van der Waals surface area contributed by atoms with Gasteiger partial charge in [-0.1, -0.05) is 53.7 Å². The number of hydrogen-bond donors (Lipinski definition) is 0. The molecule has 3 aromatic rings. The van der Waals surface area contributed by atoms with Gasteiger partial charge in [0.1, 0.15) is 6.07 Å². The molecule has 1 saturated heterocycles. The smallest absolute Gasteiger partial charge is 0.100 e. The molecule has 0 aromatic heterocycles. The molecule has 4 nitrogen and oxygen atoms in total. The molecule has 1 fully saturated rings. The van der Waals surface area contributed by atoms with Crippen LogP contribution in [-0.4, -0.2) is 24.1 Å². The van der Waals surface area contributed by atoms with E-state index in [1.807, 2.05) is 0 Å². The highest BCUT2D eigenvalue weighted by atomic mass is 32.2. The molecule has 0 saturated carbocycles. The number of hydrogen-bond acceptors (Lipinski definition) is 5. The molecular weight excluding hydrogens is 448 g/mol. The van der Waals surface area contributed by atoms with E-state index < -0.39 is 0 Å². The Hall–Kier alpha value is -3.36. The van der Waals surface area contributed by atoms with Crippen LogP contribution in [0.5, 0.6) is 0 Å². The number of nitriles is 1. The first-order valence-corrected chi connectivity index (χ1v) is 13.1. The monoisotopic (exact) mass is 480 g/mol.